The van der Waals surface area contributed by atoms with Crippen molar-refractivity contribution in [2.45, 2.75) is 25.2 Å². The number of halogens is 2. The van der Waals surface area contributed by atoms with E-state index in [0.717, 1.165) is 17.7 Å². The topological polar surface area (TPSA) is 64.6 Å². The van der Waals surface area contributed by atoms with Crippen LogP contribution in [0.3, 0.4) is 0 Å². The zero-order chi connectivity index (χ0) is 19.2. The van der Waals surface area contributed by atoms with Gasteiger partial charge >= 0.3 is 0 Å². The molecule has 0 aliphatic carbocycles. The van der Waals surface area contributed by atoms with Crippen LogP contribution in [-0.2, 0) is 16.4 Å². The molecule has 0 aliphatic rings. The van der Waals surface area contributed by atoms with E-state index in [1.807, 2.05) is 26.0 Å². The van der Waals surface area contributed by atoms with Crippen LogP contribution < -0.4 is 14.2 Å². The molecule has 0 radical (unpaired) electrons. The summed E-state index contributed by atoms with van der Waals surface area (Å²) >= 11 is 5.65. The Morgan fingerprint density at radius 2 is 1.73 bits per heavy atom. The third-order valence-corrected chi connectivity index (χ3v) is 5.23. The Balaban J connectivity index is 2.05. The van der Waals surface area contributed by atoms with Crippen LogP contribution in [0.15, 0.2) is 41.3 Å². The van der Waals surface area contributed by atoms with Gasteiger partial charge in [0.25, 0.3) is 0 Å². The first-order chi connectivity index (χ1) is 12.4. The van der Waals surface area contributed by atoms with E-state index in [1.165, 1.54) is 6.07 Å². The van der Waals surface area contributed by atoms with Gasteiger partial charge in [0.05, 0.1) is 13.2 Å². The summed E-state index contributed by atoms with van der Waals surface area (Å²) in [6.07, 6.45) is 0.418. The highest BCUT2D eigenvalue weighted by Gasteiger charge is 2.18. The van der Waals surface area contributed by atoms with Crippen molar-refractivity contribution in [3.63, 3.8) is 0 Å². The summed E-state index contributed by atoms with van der Waals surface area (Å²) in [7, 11) is -3.95. The molecule has 0 amide bonds. The number of hydrogen-bond donors (Lipinski definition) is 1. The van der Waals surface area contributed by atoms with Gasteiger partial charge in [0, 0.05) is 11.6 Å². The van der Waals surface area contributed by atoms with Gasteiger partial charge in [-0.15, -0.1) is 0 Å². The number of rotatable bonds is 9. The SMILES string of the molecule is CCOc1ccc(CCNS(=O)(=O)c2ccc(Cl)cc2F)cc1OCC. The Labute approximate surface area is 158 Å². The minimum Gasteiger partial charge on any atom is -0.490 e. The molecule has 1 N–H and O–H groups in total. The number of sulfonamides is 1. The van der Waals surface area contributed by atoms with Gasteiger partial charge in [-0.1, -0.05) is 17.7 Å². The maximum atomic E-state index is 13.8. The lowest BCUT2D eigenvalue weighted by atomic mass is 10.1. The molecule has 0 fully saturated rings. The number of benzene rings is 2. The van der Waals surface area contributed by atoms with Crippen molar-refractivity contribution >= 4 is 21.6 Å². The van der Waals surface area contributed by atoms with Gasteiger partial charge in [0.15, 0.2) is 11.5 Å². The first-order valence-electron chi connectivity index (χ1n) is 8.20. The molecule has 0 saturated carbocycles. The van der Waals surface area contributed by atoms with Crippen molar-refractivity contribution in [3.05, 3.63) is 52.8 Å². The number of nitrogens with one attached hydrogen (secondary N) is 1. The van der Waals surface area contributed by atoms with Crippen molar-refractivity contribution in [2.24, 2.45) is 0 Å². The van der Waals surface area contributed by atoms with E-state index in [-0.39, 0.29) is 11.6 Å². The lowest BCUT2D eigenvalue weighted by molar-refractivity contribution is 0.287. The van der Waals surface area contributed by atoms with Crippen molar-refractivity contribution in [3.8, 4) is 11.5 Å². The molecular weight excluding hydrogens is 381 g/mol. The molecule has 0 bridgehead atoms. The van der Waals surface area contributed by atoms with Crippen LogP contribution in [0.4, 0.5) is 4.39 Å². The second-order valence-electron chi connectivity index (χ2n) is 5.37. The van der Waals surface area contributed by atoms with Gasteiger partial charge < -0.3 is 9.47 Å². The summed E-state index contributed by atoms with van der Waals surface area (Å²) in [5.41, 5.74) is 0.871. The molecule has 0 aliphatic heterocycles. The molecule has 5 nitrogen and oxygen atoms in total. The lowest BCUT2D eigenvalue weighted by Gasteiger charge is -2.13. The van der Waals surface area contributed by atoms with Crippen molar-refractivity contribution in [2.75, 3.05) is 19.8 Å². The summed E-state index contributed by atoms with van der Waals surface area (Å²) < 4.78 is 51.7. The fourth-order valence-electron chi connectivity index (χ4n) is 2.35. The second kappa shape index (κ2) is 9.21. The summed E-state index contributed by atoms with van der Waals surface area (Å²) in [6, 6.07) is 8.88. The highest BCUT2D eigenvalue weighted by atomic mass is 35.5. The highest BCUT2D eigenvalue weighted by Crippen LogP contribution is 2.28. The molecule has 26 heavy (non-hydrogen) atoms. The van der Waals surface area contributed by atoms with E-state index < -0.39 is 20.7 Å². The fraction of sp³-hybridized carbons (Fsp3) is 0.333. The molecule has 142 valence electrons. The highest BCUT2D eigenvalue weighted by molar-refractivity contribution is 7.89. The molecule has 0 spiro atoms. The Kier molecular flexibility index (Phi) is 7.25. The van der Waals surface area contributed by atoms with Crippen molar-refractivity contribution < 1.29 is 22.3 Å². The van der Waals surface area contributed by atoms with Crippen LogP contribution in [0.5, 0.6) is 11.5 Å². The average molecular weight is 402 g/mol. The predicted octanol–water partition coefficient (Wildman–Crippen LogP) is 3.80. The number of ether oxygens (including phenoxy) is 2. The largest absolute Gasteiger partial charge is 0.490 e. The maximum Gasteiger partial charge on any atom is 0.243 e. The third kappa shape index (κ3) is 5.33. The first-order valence-corrected chi connectivity index (χ1v) is 10.1. The van der Waals surface area contributed by atoms with Gasteiger partial charge in [0.2, 0.25) is 10.0 Å². The molecule has 8 heteroatoms. The third-order valence-electron chi connectivity index (χ3n) is 3.50. The molecule has 2 aromatic rings. The van der Waals surface area contributed by atoms with Gasteiger partial charge in [0.1, 0.15) is 10.7 Å². The maximum absolute atomic E-state index is 13.8. The Bertz CT molecular complexity index is 858. The summed E-state index contributed by atoms with van der Waals surface area (Å²) in [5, 5.41) is 0.138. The van der Waals surface area contributed by atoms with Crippen LogP contribution in [0, 0.1) is 5.82 Å². The number of hydrogen-bond acceptors (Lipinski definition) is 4. The van der Waals surface area contributed by atoms with Gasteiger partial charge in [-0.05, 0) is 56.2 Å². The summed E-state index contributed by atoms with van der Waals surface area (Å²) in [5.74, 6) is 0.366. The van der Waals surface area contributed by atoms with E-state index >= 15 is 0 Å². The molecule has 2 aromatic carbocycles. The van der Waals surface area contributed by atoms with E-state index in [4.69, 9.17) is 21.1 Å². The molecule has 0 unspecified atom stereocenters. The van der Waals surface area contributed by atoms with E-state index in [2.05, 4.69) is 4.72 Å². The molecule has 0 aromatic heterocycles. The van der Waals surface area contributed by atoms with Crippen LogP contribution in [0.1, 0.15) is 19.4 Å². The minimum absolute atomic E-state index is 0.115. The lowest BCUT2D eigenvalue weighted by Crippen LogP contribution is -2.26. The first kappa shape index (κ1) is 20.5. The monoisotopic (exact) mass is 401 g/mol. The summed E-state index contributed by atoms with van der Waals surface area (Å²) in [4.78, 5) is -0.427. The molecule has 0 heterocycles. The smallest absolute Gasteiger partial charge is 0.243 e. The Morgan fingerprint density at radius 1 is 1.04 bits per heavy atom. The Hall–Kier alpha value is -1.83. The van der Waals surface area contributed by atoms with Gasteiger partial charge in [-0.2, -0.15) is 0 Å². The second-order valence-corrected chi connectivity index (χ2v) is 7.54. The quantitative estimate of drug-likeness (QED) is 0.694. The van der Waals surface area contributed by atoms with E-state index in [9.17, 15) is 12.8 Å². The van der Waals surface area contributed by atoms with Crippen LogP contribution >= 0.6 is 11.6 Å². The zero-order valence-electron chi connectivity index (χ0n) is 14.6. The van der Waals surface area contributed by atoms with Gasteiger partial charge in [-0.25, -0.2) is 17.5 Å². The molecular formula is C18H21ClFNO4S. The van der Waals surface area contributed by atoms with Gasteiger partial charge in [-0.3, -0.25) is 0 Å². The predicted molar refractivity (Wildman–Crippen MR) is 99.1 cm³/mol. The molecule has 2 rings (SSSR count). The van der Waals surface area contributed by atoms with E-state index in [1.54, 1.807) is 6.07 Å². The zero-order valence-corrected chi connectivity index (χ0v) is 16.2. The van der Waals surface area contributed by atoms with Crippen LogP contribution in [-0.4, -0.2) is 28.2 Å². The van der Waals surface area contributed by atoms with E-state index in [0.29, 0.717) is 31.1 Å². The fourth-order valence-corrected chi connectivity index (χ4v) is 3.60. The van der Waals surface area contributed by atoms with Crippen molar-refractivity contribution in [1.82, 2.24) is 4.72 Å². The summed E-state index contributed by atoms with van der Waals surface area (Å²) in [6.45, 7) is 4.88. The van der Waals surface area contributed by atoms with Crippen molar-refractivity contribution in [1.29, 1.82) is 0 Å². The van der Waals surface area contributed by atoms with Crippen LogP contribution in [0.25, 0.3) is 0 Å². The molecule has 0 saturated heterocycles. The van der Waals surface area contributed by atoms with Crippen LogP contribution in [0.2, 0.25) is 5.02 Å². The minimum atomic E-state index is -3.95. The standard InChI is InChI=1S/C18H21ClFNO4S/c1-3-24-16-7-5-13(11-17(16)25-4-2)9-10-21-26(22,23)18-8-6-14(19)12-15(18)20/h5-8,11-12,21H,3-4,9-10H2,1-2H3. The average Bonchev–Trinajstić information content (AvgIpc) is 2.57. The molecule has 0 atom stereocenters. The normalized spacial score (nSPS) is 11.4. The Morgan fingerprint density at radius 3 is 2.38 bits per heavy atom.